The van der Waals surface area contributed by atoms with Crippen molar-refractivity contribution in [3.8, 4) is 0 Å². The second-order valence-electron chi connectivity index (χ2n) is 5.85. The van der Waals surface area contributed by atoms with Crippen LogP contribution >= 0.6 is 34.8 Å². The van der Waals surface area contributed by atoms with E-state index in [2.05, 4.69) is 16.0 Å². The van der Waals surface area contributed by atoms with Crippen LogP contribution in [0.5, 0.6) is 0 Å². The summed E-state index contributed by atoms with van der Waals surface area (Å²) in [5.41, 5.74) is 1.64. The summed E-state index contributed by atoms with van der Waals surface area (Å²) in [5.74, 6) is -0.439. The van der Waals surface area contributed by atoms with Crippen LogP contribution in [0, 0.1) is 0 Å². The number of amides is 2. The van der Waals surface area contributed by atoms with Crippen LogP contribution in [-0.2, 0) is 4.79 Å². The predicted molar refractivity (Wildman–Crippen MR) is 108 cm³/mol. The third-order valence-corrected chi connectivity index (χ3v) is 4.34. The van der Waals surface area contributed by atoms with Gasteiger partial charge in [-0.3, -0.25) is 9.59 Å². The number of hydrogen-bond acceptors (Lipinski definition) is 3. The molecule has 2 amide bonds. The highest BCUT2D eigenvalue weighted by Crippen LogP contribution is 2.32. The van der Waals surface area contributed by atoms with Gasteiger partial charge in [0.05, 0.1) is 27.3 Å². The maximum Gasteiger partial charge on any atom is 0.251 e. The highest BCUT2D eigenvalue weighted by Gasteiger charge is 2.10. The zero-order chi connectivity index (χ0) is 19.3. The lowest BCUT2D eigenvalue weighted by atomic mass is 10.2. The minimum absolute atomic E-state index is 0.0219. The molecule has 0 saturated heterocycles. The van der Waals surface area contributed by atoms with Crippen LogP contribution < -0.4 is 16.0 Å². The van der Waals surface area contributed by atoms with Gasteiger partial charge in [-0.15, -0.1) is 0 Å². The van der Waals surface area contributed by atoms with E-state index in [0.29, 0.717) is 32.0 Å². The van der Waals surface area contributed by atoms with Gasteiger partial charge in [-0.25, -0.2) is 0 Å². The highest BCUT2D eigenvalue weighted by atomic mass is 35.5. The van der Waals surface area contributed by atoms with Crippen molar-refractivity contribution in [2.45, 2.75) is 19.9 Å². The summed E-state index contributed by atoms with van der Waals surface area (Å²) >= 11 is 17.8. The summed E-state index contributed by atoms with van der Waals surface area (Å²) in [6.07, 6.45) is 0. The number of halogens is 3. The third-order valence-electron chi connectivity index (χ3n) is 3.30. The lowest BCUT2D eigenvalue weighted by molar-refractivity contribution is -0.114. The second kappa shape index (κ2) is 9.12. The molecule has 0 saturated carbocycles. The SMILES string of the molecule is CC(C)NC(=O)c1ccc(NCC(=O)Nc2cc(Cl)c(Cl)cc2Cl)cc1. The Kier molecular flexibility index (Phi) is 7.14. The van der Waals surface area contributed by atoms with Crippen LogP contribution in [-0.4, -0.2) is 24.4 Å². The molecule has 0 atom stereocenters. The second-order valence-corrected chi connectivity index (χ2v) is 7.08. The average molecular weight is 415 g/mol. The standard InChI is InChI=1S/C18H18Cl3N3O2/c1-10(2)23-18(26)11-3-5-12(6-4-11)22-9-17(25)24-16-8-14(20)13(19)7-15(16)21/h3-8,10,22H,9H2,1-2H3,(H,23,26)(H,24,25). The van der Waals surface area contributed by atoms with E-state index < -0.39 is 0 Å². The van der Waals surface area contributed by atoms with E-state index >= 15 is 0 Å². The molecule has 2 rings (SSSR count). The zero-order valence-electron chi connectivity index (χ0n) is 14.2. The van der Waals surface area contributed by atoms with Crippen LogP contribution in [0.3, 0.4) is 0 Å². The molecule has 3 N–H and O–H groups in total. The van der Waals surface area contributed by atoms with Crippen molar-refractivity contribution in [2.75, 3.05) is 17.2 Å². The van der Waals surface area contributed by atoms with Crippen molar-refractivity contribution in [3.63, 3.8) is 0 Å². The maximum atomic E-state index is 12.1. The average Bonchev–Trinajstić information content (AvgIpc) is 2.57. The molecule has 26 heavy (non-hydrogen) atoms. The molecule has 0 radical (unpaired) electrons. The largest absolute Gasteiger partial charge is 0.376 e. The molecule has 138 valence electrons. The van der Waals surface area contributed by atoms with Crippen molar-refractivity contribution in [2.24, 2.45) is 0 Å². The Labute approximate surface area is 167 Å². The number of carbonyl (C=O) groups excluding carboxylic acids is 2. The molecule has 0 aliphatic carbocycles. The molecule has 0 spiro atoms. The van der Waals surface area contributed by atoms with Crippen molar-refractivity contribution >= 4 is 58.0 Å². The Hall–Kier alpha value is -1.95. The van der Waals surface area contributed by atoms with E-state index in [0.717, 1.165) is 0 Å². The number of hydrogen-bond donors (Lipinski definition) is 3. The van der Waals surface area contributed by atoms with Gasteiger partial charge in [-0.2, -0.15) is 0 Å². The fourth-order valence-corrected chi connectivity index (χ4v) is 2.67. The number of carbonyl (C=O) groups is 2. The number of anilines is 2. The van der Waals surface area contributed by atoms with E-state index in [4.69, 9.17) is 34.8 Å². The summed E-state index contributed by atoms with van der Waals surface area (Å²) in [5, 5.41) is 9.36. The van der Waals surface area contributed by atoms with Gasteiger partial charge >= 0.3 is 0 Å². The van der Waals surface area contributed by atoms with Crippen LogP contribution in [0.2, 0.25) is 15.1 Å². The molecule has 0 aromatic heterocycles. The van der Waals surface area contributed by atoms with Gasteiger partial charge in [-0.05, 0) is 50.2 Å². The smallest absolute Gasteiger partial charge is 0.251 e. The molecular weight excluding hydrogens is 397 g/mol. The van der Waals surface area contributed by atoms with Crippen molar-refractivity contribution in [1.29, 1.82) is 0 Å². The van der Waals surface area contributed by atoms with Crippen molar-refractivity contribution < 1.29 is 9.59 Å². The Balaban J connectivity index is 1.91. The van der Waals surface area contributed by atoms with Crippen LogP contribution in [0.4, 0.5) is 11.4 Å². The van der Waals surface area contributed by atoms with Crippen molar-refractivity contribution in [1.82, 2.24) is 5.32 Å². The number of benzene rings is 2. The fourth-order valence-electron chi connectivity index (χ4n) is 2.08. The van der Waals surface area contributed by atoms with E-state index in [-0.39, 0.29) is 24.4 Å². The lowest BCUT2D eigenvalue weighted by Gasteiger charge is -2.11. The fraction of sp³-hybridized carbons (Fsp3) is 0.222. The number of rotatable bonds is 6. The summed E-state index contributed by atoms with van der Waals surface area (Å²) in [7, 11) is 0. The minimum Gasteiger partial charge on any atom is -0.376 e. The Morgan fingerprint density at radius 3 is 2.19 bits per heavy atom. The van der Waals surface area contributed by atoms with E-state index in [1.54, 1.807) is 24.3 Å². The summed E-state index contributed by atoms with van der Waals surface area (Å²) in [6, 6.07) is 9.87. The summed E-state index contributed by atoms with van der Waals surface area (Å²) in [4.78, 5) is 23.9. The topological polar surface area (TPSA) is 70.2 Å². The van der Waals surface area contributed by atoms with E-state index in [1.807, 2.05) is 13.8 Å². The van der Waals surface area contributed by atoms with Crippen LogP contribution in [0.1, 0.15) is 24.2 Å². The Morgan fingerprint density at radius 2 is 1.58 bits per heavy atom. The molecule has 0 aliphatic rings. The zero-order valence-corrected chi connectivity index (χ0v) is 16.5. The third kappa shape index (κ3) is 5.80. The van der Waals surface area contributed by atoms with Crippen LogP contribution in [0.25, 0.3) is 0 Å². The Bertz CT molecular complexity index is 808. The van der Waals surface area contributed by atoms with Gasteiger partial charge in [0.15, 0.2) is 0 Å². The summed E-state index contributed by atoms with van der Waals surface area (Å²) < 4.78 is 0. The van der Waals surface area contributed by atoms with Gasteiger partial charge in [0.2, 0.25) is 5.91 Å². The predicted octanol–water partition coefficient (Wildman–Crippen LogP) is 4.84. The van der Waals surface area contributed by atoms with Crippen molar-refractivity contribution in [3.05, 3.63) is 57.0 Å². The first-order valence-corrected chi connectivity index (χ1v) is 8.99. The first kappa shape index (κ1) is 20.4. The molecule has 5 nitrogen and oxygen atoms in total. The van der Waals surface area contributed by atoms with E-state index in [9.17, 15) is 9.59 Å². The first-order chi connectivity index (χ1) is 12.3. The minimum atomic E-state index is -0.299. The molecule has 2 aromatic rings. The monoisotopic (exact) mass is 413 g/mol. The molecule has 0 unspecified atom stereocenters. The molecule has 0 bridgehead atoms. The van der Waals surface area contributed by atoms with Gasteiger partial charge in [0.25, 0.3) is 5.91 Å². The molecular formula is C18H18Cl3N3O2. The van der Waals surface area contributed by atoms with E-state index in [1.165, 1.54) is 12.1 Å². The quantitative estimate of drug-likeness (QED) is 0.593. The number of nitrogens with one attached hydrogen (secondary N) is 3. The van der Waals surface area contributed by atoms with Gasteiger partial charge in [0.1, 0.15) is 0 Å². The first-order valence-electron chi connectivity index (χ1n) is 7.85. The maximum absolute atomic E-state index is 12.1. The molecule has 0 heterocycles. The molecule has 0 fully saturated rings. The molecule has 8 heteroatoms. The highest BCUT2D eigenvalue weighted by molar-refractivity contribution is 6.44. The Morgan fingerprint density at radius 1 is 0.962 bits per heavy atom. The van der Waals surface area contributed by atoms with Gasteiger partial charge in [0, 0.05) is 17.3 Å². The molecule has 2 aromatic carbocycles. The normalized spacial score (nSPS) is 10.5. The van der Waals surface area contributed by atoms with Gasteiger partial charge in [-0.1, -0.05) is 34.8 Å². The summed E-state index contributed by atoms with van der Waals surface area (Å²) in [6.45, 7) is 3.81. The van der Waals surface area contributed by atoms with Crippen LogP contribution in [0.15, 0.2) is 36.4 Å². The van der Waals surface area contributed by atoms with Gasteiger partial charge < -0.3 is 16.0 Å². The lowest BCUT2D eigenvalue weighted by Crippen LogP contribution is -2.30. The molecule has 0 aliphatic heterocycles.